The van der Waals surface area contributed by atoms with Gasteiger partial charge in [0.15, 0.2) is 0 Å². The maximum absolute atomic E-state index is 12.9. The summed E-state index contributed by atoms with van der Waals surface area (Å²) in [6, 6.07) is 13.5. The average molecular weight is 411 g/mol. The molecule has 0 radical (unpaired) electrons. The number of hydrogen-bond acceptors (Lipinski definition) is 4. The number of fused-ring (bicyclic) bond motifs is 1. The first-order chi connectivity index (χ1) is 13.5. The Morgan fingerprint density at radius 2 is 1.96 bits per heavy atom. The van der Waals surface area contributed by atoms with Gasteiger partial charge in [0.2, 0.25) is 0 Å². The maximum atomic E-state index is 12.9. The number of carbonyl (C=O) groups is 1. The van der Waals surface area contributed by atoms with Crippen LogP contribution in [-0.4, -0.2) is 32.6 Å². The van der Waals surface area contributed by atoms with Crippen LogP contribution in [0, 0.1) is 6.92 Å². The zero-order valence-corrected chi connectivity index (χ0v) is 17.2. The number of pyridine rings is 1. The van der Waals surface area contributed by atoms with Gasteiger partial charge in [-0.25, -0.2) is 0 Å². The van der Waals surface area contributed by atoms with Crippen molar-refractivity contribution >= 4 is 39.1 Å². The van der Waals surface area contributed by atoms with E-state index in [1.165, 1.54) is 11.3 Å². The monoisotopic (exact) mass is 410 g/mol. The fourth-order valence-corrected chi connectivity index (χ4v) is 4.49. The minimum atomic E-state index is 0.00158. The van der Waals surface area contributed by atoms with Crippen LogP contribution in [0.25, 0.3) is 10.2 Å². The van der Waals surface area contributed by atoms with Crippen LogP contribution in [-0.2, 0) is 13.1 Å². The number of hydrogen-bond donors (Lipinski definition) is 0. The number of aromatic nitrogens is 3. The number of thiophene rings is 1. The standard InChI is InChI=1S/C21H19ClN4OS/c1-14-17-11-19(20(27)25(2)12-15-7-9-23-10-8-15)28-21(17)26(24-14)13-16-5-3-4-6-18(16)22/h3-11H,12-13H2,1-2H3. The Bertz CT molecular complexity index is 1140. The van der Waals surface area contributed by atoms with Gasteiger partial charge in [-0.3, -0.25) is 14.5 Å². The van der Waals surface area contributed by atoms with Gasteiger partial charge >= 0.3 is 0 Å². The van der Waals surface area contributed by atoms with E-state index in [1.807, 2.05) is 61.1 Å². The predicted molar refractivity (Wildman–Crippen MR) is 113 cm³/mol. The van der Waals surface area contributed by atoms with E-state index in [2.05, 4.69) is 10.1 Å². The van der Waals surface area contributed by atoms with Gasteiger partial charge in [0.25, 0.3) is 5.91 Å². The number of nitrogens with zero attached hydrogens (tertiary/aromatic N) is 4. The lowest BCUT2D eigenvalue weighted by Gasteiger charge is -2.16. The third-order valence-corrected chi connectivity index (χ3v) is 6.12. The molecule has 3 heterocycles. The zero-order chi connectivity index (χ0) is 19.7. The van der Waals surface area contributed by atoms with Crippen LogP contribution in [0.3, 0.4) is 0 Å². The van der Waals surface area contributed by atoms with Crippen molar-refractivity contribution in [1.82, 2.24) is 19.7 Å². The van der Waals surface area contributed by atoms with Crippen molar-refractivity contribution in [3.05, 3.63) is 81.6 Å². The first kappa shape index (κ1) is 18.7. The second-order valence-electron chi connectivity index (χ2n) is 6.68. The normalized spacial score (nSPS) is 11.1. The minimum Gasteiger partial charge on any atom is -0.337 e. The van der Waals surface area contributed by atoms with E-state index in [9.17, 15) is 4.79 Å². The highest BCUT2D eigenvalue weighted by Gasteiger charge is 2.19. The lowest BCUT2D eigenvalue weighted by Crippen LogP contribution is -2.25. The van der Waals surface area contributed by atoms with E-state index in [-0.39, 0.29) is 5.91 Å². The third kappa shape index (κ3) is 3.66. The Morgan fingerprint density at radius 1 is 1.21 bits per heavy atom. The number of carbonyl (C=O) groups excluding carboxylic acids is 1. The van der Waals surface area contributed by atoms with Crippen molar-refractivity contribution in [3.8, 4) is 0 Å². The van der Waals surface area contributed by atoms with E-state index in [0.717, 1.165) is 27.0 Å². The van der Waals surface area contributed by atoms with Crippen LogP contribution in [0.15, 0.2) is 54.9 Å². The van der Waals surface area contributed by atoms with Gasteiger partial charge in [0.1, 0.15) is 4.83 Å². The van der Waals surface area contributed by atoms with Gasteiger partial charge in [-0.15, -0.1) is 11.3 Å². The molecular weight excluding hydrogens is 392 g/mol. The molecule has 4 rings (SSSR count). The van der Waals surface area contributed by atoms with Crippen LogP contribution >= 0.6 is 22.9 Å². The van der Waals surface area contributed by atoms with E-state index >= 15 is 0 Å². The van der Waals surface area contributed by atoms with Crippen LogP contribution in [0.4, 0.5) is 0 Å². The Kier molecular flexibility index (Phi) is 5.15. The SMILES string of the molecule is Cc1nn(Cc2ccccc2Cl)c2sc(C(=O)N(C)Cc3ccncc3)cc12. The quantitative estimate of drug-likeness (QED) is 0.476. The van der Waals surface area contributed by atoms with Crippen LogP contribution in [0.1, 0.15) is 26.5 Å². The second-order valence-corrected chi connectivity index (χ2v) is 8.12. The van der Waals surface area contributed by atoms with Crippen LogP contribution in [0.2, 0.25) is 5.02 Å². The number of rotatable bonds is 5. The van der Waals surface area contributed by atoms with Gasteiger partial charge in [-0.05, 0) is 42.3 Å². The van der Waals surface area contributed by atoms with Crippen molar-refractivity contribution in [1.29, 1.82) is 0 Å². The number of aryl methyl sites for hydroxylation is 1. The van der Waals surface area contributed by atoms with E-state index in [0.29, 0.717) is 23.0 Å². The van der Waals surface area contributed by atoms with Gasteiger partial charge in [0.05, 0.1) is 17.1 Å². The van der Waals surface area contributed by atoms with Crippen molar-refractivity contribution in [2.75, 3.05) is 7.05 Å². The molecule has 0 saturated heterocycles. The number of benzene rings is 1. The number of amides is 1. The molecule has 3 aromatic heterocycles. The van der Waals surface area contributed by atoms with Gasteiger partial charge in [-0.1, -0.05) is 29.8 Å². The molecule has 0 saturated carbocycles. The Labute approximate surface area is 172 Å². The van der Waals surface area contributed by atoms with Crippen molar-refractivity contribution < 1.29 is 4.79 Å². The molecule has 1 aromatic carbocycles. The summed E-state index contributed by atoms with van der Waals surface area (Å²) < 4.78 is 1.93. The summed E-state index contributed by atoms with van der Waals surface area (Å²) in [5.41, 5.74) is 2.96. The molecule has 0 aliphatic rings. The Balaban J connectivity index is 1.61. The minimum absolute atomic E-state index is 0.00158. The first-order valence-electron chi connectivity index (χ1n) is 8.87. The molecular formula is C21H19ClN4OS. The third-order valence-electron chi connectivity index (χ3n) is 4.61. The summed E-state index contributed by atoms with van der Waals surface area (Å²) in [5, 5.41) is 6.36. The summed E-state index contributed by atoms with van der Waals surface area (Å²) in [7, 11) is 1.82. The second kappa shape index (κ2) is 7.73. The summed E-state index contributed by atoms with van der Waals surface area (Å²) in [6.45, 7) is 3.08. The molecule has 0 fully saturated rings. The number of halogens is 1. The molecule has 1 amide bonds. The lowest BCUT2D eigenvalue weighted by molar-refractivity contribution is 0.0790. The van der Waals surface area contributed by atoms with Gasteiger partial charge in [-0.2, -0.15) is 5.10 Å². The molecule has 142 valence electrons. The van der Waals surface area contributed by atoms with Crippen LogP contribution < -0.4 is 0 Å². The zero-order valence-electron chi connectivity index (χ0n) is 15.6. The van der Waals surface area contributed by atoms with Crippen LogP contribution in [0.5, 0.6) is 0 Å². The molecule has 28 heavy (non-hydrogen) atoms. The smallest absolute Gasteiger partial charge is 0.264 e. The topological polar surface area (TPSA) is 51.0 Å². The first-order valence-corrected chi connectivity index (χ1v) is 10.1. The Morgan fingerprint density at radius 3 is 2.71 bits per heavy atom. The summed E-state index contributed by atoms with van der Waals surface area (Å²) in [5.74, 6) is 0.00158. The van der Waals surface area contributed by atoms with E-state index in [4.69, 9.17) is 11.6 Å². The highest BCUT2D eigenvalue weighted by Crippen LogP contribution is 2.30. The lowest BCUT2D eigenvalue weighted by atomic mass is 10.2. The largest absolute Gasteiger partial charge is 0.337 e. The molecule has 0 atom stereocenters. The van der Waals surface area contributed by atoms with Crippen molar-refractivity contribution in [3.63, 3.8) is 0 Å². The van der Waals surface area contributed by atoms with E-state index in [1.54, 1.807) is 17.3 Å². The fraction of sp³-hybridized carbons (Fsp3) is 0.190. The highest BCUT2D eigenvalue weighted by molar-refractivity contribution is 7.20. The molecule has 0 aliphatic carbocycles. The molecule has 5 nitrogen and oxygen atoms in total. The molecule has 4 aromatic rings. The summed E-state index contributed by atoms with van der Waals surface area (Å²) in [6.07, 6.45) is 3.47. The van der Waals surface area contributed by atoms with Crippen molar-refractivity contribution in [2.24, 2.45) is 0 Å². The fourth-order valence-electron chi connectivity index (χ4n) is 3.14. The van der Waals surface area contributed by atoms with Crippen molar-refractivity contribution in [2.45, 2.75) is 20.0 Å². The summed E-state index contributed by atoms with van der Waals surface area (Å²) in [4.78, 5) is 20.4. The highest BCUT2D eigenvalue weighted by atomic mass is 35.5. The van der Waals surface area contributed by atoms with Gasteiger partial charge < -0.3 is 4.90 Å². The average Bonchev–Trinajstić information content (AvgIpc) is 3.25. The maximum Gasteiger partial charge on any atom is 0.264 e. The molecule has 0 spiro atoms. The predicted octanol–water partition coefficient (Wildman–Crippen LogP) is 4.78. The molecule has 0 N–H and O–H groups in total. The molecule has 0 unspecified atom stereocenters. The molecule has 0 aliphatic heterocycles. The van der Waals surface area contributed by atoms with Gasteiger partial charge in [0, 0.05) is 36.4 Å². The molecule has 7 heteroatoms. The molecule has 0 bridgehead atoms. The summed E-state index contributed by atoms with van der Waals surface area (Å²) >= 11 is 7.77. The van der Waals surface area contributed by atoms with E-state index < -0.39 is 0 Å². The Hall–Kier alpha value is -2.70.